The number of carbonyl (C=O) groups is 3. The van der Waals surface area contributed by atoms with E-state index in [2.05, 4.69) is 10.3 Å². The van der Waals surface area contributed by atoms with E-state index in [9.17, 15) is 14.4 Å². The van der Waals surface area contributed by atoms with Gasteiger partial charge in [0.05, 0.1) is 17.6 Å². The van der Waals surface area contributed by atoms with Gasteiger partial charge in [-0.3, -0.25) is 19.7 Å². The van der Waals surface area contributed by atoms with Crippen molar-refractivity contribution in [1.29, 1.82) is 0 Å². The zero-order valence-electron chi connectivity index (χ0n) is 18.1. The number of fused-ring (bicyclic) bond motifs is 1. The Labute approximate surface area is 190 Å². The van der Waals surface area contributed by atoms with Gasteiger partial charge in [-0.1, -0.05) is 19.3 Å². The van der Waals surface area contributed by atoms with Gasteiger partial charge in [-0.05, 0) is 37.3 Å². The van der Waals surface area contributed by atoms with Gasteiger partial charge in [0.2, 0.25) is 11.8 Å². The van der Waals surface area contributed by atoms with Gasteiger partial charge in [0.15, 0.2) is 0 Å². The summed E-state index contributed by atoms with van der Waals surface area (Å²) in [5, 5.41) is 13.6. The Morgan fingerprint density at radius 1 is 1.31 bits per heavy atom. The summed E-state index contributed by atoms with van der Waals surface area (Å²) in [4.78, 5) is 45.0. The fraction of sp³-hybridized carbons (Fsp3) is 0.545. The Bertz CT molecular complexity index is 1020. The van der Waals surface area contributed by atoms with Crippen molar-refractivity contribution in [3.05, 3.63) is 18.3 Å². The number of aromatic nitrogens is 1. The molecule has 0 bridgehead atoms. The van der Waals surface area contributed by atoms with Crippen LogP contribution in [-0.4, -0.2) is 65.0 Å². The molecular weight excluding hydrogens is 430 g/mol. The summed E-state index contributed by atoms with van der Waals surface area (Å²) < 4.78 is 0.948. The number of hydrogen-bond acceptors (Lipinski definition) is 7. The number of carboxylic acid groups (broad SMARTS) is 1. The largest absolute Gasteiger partial charge is 0.480 e. The number of carboxylic acids is 1. The predicted octanol–water partition coefficient (Wildman–Crippen LogP) is 2.07. The topological polar surface area (TPSA) is 129 Å². The van der Waals surface area contributed by atoms with E-state index in [4.69, 9.17) is 10.8 Å². The first kappa shape index (κ1) is 22.5. The van der Waals surface area contributed by atoms with Gasteiger partial charge in [0.1, 0.15) is 11.9 Å². The Hall–Kier alpha value is -2.72. The Balaban J connectivity index is 1.48. The zero-order valence-corrected chi connectivity index (χ0v) is 18.9. The monoisotopic (exact) mass is 459 g/mol. The SMILES string of the molecule is CN(C(=O)[C@@H]1CCN1C(=O)C(NCC(=O)O)C1CCCCC1)c1cc2c(N)nccc2s1. The van der Waals surface area contributed by atoms with Crippen LogP contribution < -0.4 is 16.0 Å². The Morgan fingerprint density at radius 2 is 2.06 bits per heavy atom. The quantitative estimate of drug-likeness (QED) is 0.578. The number of nitrogens with two attached hydrogens (primary N) is 1. The van der Waals surface area contributed by atoms with Crippen molar-refractivity contribution >= 4 is 50.0 Å². The summed E-state index contributed by atoms with van der Waals surface area (Å²) >= 11 is 1.45. The van der Waals surface area contributed by atoms with Crippen LogP contribution in [0.1, 0.15) is 38.5 Å². The third kappa shape index (κ3) is 4.42. The van der Waals surface area contributed by atoms with Crippen LogP contribution in [-0.2, 0) is 14.4 Å². The summed E-state index contributed by atoms with van der Waals surface area (Å²) in [5.41, 5.74) is 5.95. The number of nitrogens with one attached hydrogen (secondary N) is 1. The zero-order chi connectivity index (χ0) is 22.8. The number of pyridine rings is 1. The lowest BCUT2D eigenvalue weighted by molar-refractivity contribution is -0.149. The second-order valence-corrected chi connectivity index (χ2v) is 9.64. The van der Waals surface area contributed by atoms with Gasteiger partial charge in [-0.15, -0.1) is 11.3 Å². The van der Waals surface area contributed by atoms with Crippen LogP contribution in [0.4, 0.5) is 10.8 Å². The molecule has 0 radical (unpaired) electrons. The average molecular weight is 460 g/mol. The molecule has 2 aromatic rings. The average Bonchev–Trinajstić information content (AvgIpc) is 3.19. The molecule has 4 N–H and O–H groups in total. The number of amides is 2. The van der Waals surface area contributed by atoms with E-state index in [1.165, 1.54) is 11.3 Å². The van der Waals surface area contributed by atoms with Crippen molar-refractivity contribution in [2.24, 2.45) is 5.92 Å². The standard InChI is InChI=1S/C22H29N5O4S/c1-26(17-11-14-16(32-17)7-9-24-20(14)23)21(30)15-8-10-27(15)22(31)19(25-12-18(28)29)13-5-3-2-4-6-13/h7,9,11,13,15,19,25H,2-6,8,10,12H2,1H3,(H2,23,24)(H,28,29)/t15-,19?/m0/s1. The lowest BCUT2D eigenvalue weighted by Crippen LogP contribution is -2.63. The molecule has 2 aliphatic rings. The van der Waals surface area contributed by atoms with E-state index in [0.29, 0.717) is 18.8 Å². The maximum Gasteiger partial charge on any atom is 0.317 e. The first-order chi connectivity index (χ1) is 15.4. The fourth-order valence-corrected chi connectivity index (χ4v) is 5.71. The summed E-state index contributed by atoms with van der Waals surface area (Å²) in [6.45, 7) is 0.237. The summed E-state index contributed by atoms with van der Waals surface area (Å²) in [7, 11) is 1.71. The highest BCUT2D eigenvalue weighted by molar-refractivity contribution is 7.23. The molecule has 1 aliphatic carbocycles. The van der Waals surface area contributed by atoms with Crippen molar-refractivity contribution in [2.75, 3.05) is 30.8 Å². The van der Waals surface area contributed by atoms with E-state index in [0.717, 1.165) is 47.2 Å². The number of nitrogens with zero attached hydrogens (tertiary/aromatic N) is 3. The number of likely N-dealkylation sites (N-methyl/N-ethyl adjacent to an activating group) is 1. The molecule has 1 unspecified atom stereocenters. The smallest absolute Gasteiger partial charge is 0.317 e. The van der Waals surface area contributed by atoms with E-state index in [1.807, 2.05) is 12.1 Å². The van der Waals surface area contributed by atoms with Crippen LogP contribution in [0.25, 0.3) is 10.1 Å². The van der Waals surface area contributed by atoms with Crippen LogP contribution >= 0.6 is 11.3 Å². The van der Waals surface area contributed by atoms with E-state index in [1.54, 1.807) is 23.0 Å². The number of thiophene rings is 1. The summed E-state index contributed by atoms with van der Waals surface area (Å²) in [5.74, 6) is -0.786. The minimum atomic E-state index is -0.992. The normalized spacial score (nSPS) is 20.0. The van der Waals surface area contributed by atoms with Gasteiger partial charge >= 0.3 is 5.97 Å². The van der Waals surface area contributed by atoms with E-state index >= 15 is 0 Å². The van der Waals surface area contributed by atoms with Crippen molar-refractivity contribution in [1.82, 2.24) is 15.2 Å². The number of aliphatic carboxylic acids is 1. The molecule has 172 valence electrons. The van der Waals surface area contributed by atoms with Gasteiger partial charge in [0, 0.05) is 29.9 Å². The molecule has 0 aromatic carbocycles. The van der Waals surface area contributed by atoms with Gasteiger partial charge in [-0.25, -0.2) is 4.98 Å². The number of carbonyl (C=O) groups excluding carboxylic acids is 2. The molecule has 10 heteroatoms. The van der Waals surface area contributed by atoms with Crippen LogP contribution in [0, 0.1) is 5.92 Å². The Morgan fingerprint density at radius 3 is 2.69 bits per heavy atom. The highest BCUT2D eigenvalue weighted by Crippen LogP contribution is 2.36. The minimum absolute atomic E-state index is 0.0998. The third-order valence-corrected chi connectivity index (χ3v) is 7.75. The molecular formula is C22H29N5O4S. The number of likely N-dealkylation sites (tertiary alicyclic amines) is 1. The maximum atomic E-state index is 13.4. The lowest BCUT2D eigenvalue weighted by Gasteiger charge is -2.44. The molecule has 0 spiro atoms. The fourth-order valence-electron chi connectivity index (χ4n) is 4.67. The molecule has 1 aliphatic heterocycles. The van der Waals surface area contributed by atoms with Crippen LogP contribution in [0.2, 0.25) is 0 Å². The molecule has 2 fully saturated rings. The predicted molar refractivity (Wildman–Crippen MR) is 124 cm³/mol. The van der Waals surface area contributed by atoms with Gasteiger partial charge < -0.3 is 20.6 Å². The molecule has 1 saturated carbocycles. The van der Waals surface area contributed by atoms with Crippen molar-refractivity contribution in [3.8, 4) is 0 Å². The molecule has 1 saturated heterocycles. The van der Waals surface area contributed by atoms with Crippen molar-refractivity contribution in [2.45, 2.75) is 50.6 Å². The maximum absolute atomic E-state index is 13.4. The van der Waals surface area contributed by atoms with E-state index in [-0.39, 0.29) is 24.3 Å². The highest BCUT2D eigenvalue weighted by Gasteiger charge is 2.43. The first-order valence-corrected chi connectivity index (χ1v) is 11.9. The first-order valence-electron chi connectivity index (χ1n) is 11.0. The van der Waals surface area contributed by atoms with Crippen LogP contribution in [0.5, 0.6) is 0 Å². The molecule has 4 rings (SSSR count). The second-order valence-electron chi connectivity index (χ2n) is 8.58. The van der Waals surface area contributed by atoms with Crippen molar-refractivity contribution in [3.63, 3.8) is 0 Å². The number of anilines is 2. The molecule has 32 heavy (non-hydrogen) atoms. The van der Waals surface area contributed by atoms with Crippen LogP contribution in [0.15, 0.2) is 18.3 Å². The molecule has 2 aromatic heterocycles. The number of hydrogen-bond donors (Lipinski definition) is 3. The number of nitrogen functional groups attached to an aromatic ring is 1. The second kappa shape index (κ2) is 9.41. The number of rotatable bonds is 7. The van der Waals surface area contributed by atoms with Gasteiger partial charge in [-0.2, -0.15) is 0 Å². The summed E-state index contributed by atoms with van der Waals surface area (Å²) in [6.07, 6.45) is 7.25. The van der Waals surface area contributed by atoms with Crippen molar-refractivity contribution < 1.29 is 19.5 Å². The van der Waals surface area contributed by atoms with Gasteiger partial charge in [0.25, 0.3) is 0 Å². The van der Waals surface area contributed by atoms with E-state index < -0.39 is 18.1 Å². The molecule has 2 amide bonds. The Kier molecular flexibility index (Phi) is 6.61. The minimum Gasteiger partial charge on any atom is -0.480 e. The summed E-state index contributed by atoms with van der Waals surface area (Å²) in [6, 6.07) is 2.61. The third-order valence-electron chi connectivity index (χ3n) is 6.57. The highest BCUT2D eigenvalue weighted by atomic mass is 32.1. The van der Waals surface area contributed by atoms with Crippen LogP contribution in [0.3, 0.4) is 0 Å². The molecule has 3 heterocycles. The molecule has 9 nitrogen and oxygen atoms in total. The lowest BCUT2D eigenvalue weighted by atomic mass is 9.82. The molecule has 2 atom stereocenters.